The maximum absolute atomic E-state index is 14.6. The van der Waals surface area contributed by atoms with Gasteiger partial charge in [-0.3, -0.25) is 0 Å². The summed E-state index contributed by atoms with van der Waals surface area (Å²) in [5.74, 6) is -0.189. The highest BCUT2D eigenvalue weighted by Gasteiger charge is 2.22. The van der Waals surface area contributed by atoms with Crippen LogP contribution in [0.1, 0.15) is 12.8 Å². The van der Waals surface area contributed by atoms with Crippen LogP contribution in [0.15, 0.2) is 16.6 Å². The number of morpholine rings is 1. The SMILES string of the molecule is Fc1c(Br)ccc(N[C@@H]2CCCNC2)c1N1CCOCC1. The monoisotopic (exact) mass is 357 g/mol. The van der Waals surface area contributed by atoms with E-state index >= 15 is 0 Å². The summed E-state index contributed by atoms with van der Waals surface area (Å²) >= 11 is 3.30. The molecule has 2 heterocycles. The molecule has 0 aromatic heterocycles. The predicted molar refractivity (Wildman–Crippen MR) is 86.6 cm³/mol. The van der Waals surface area contributed by atoms with E-state index < -0.39 is 0 Å². The van der Waals surface area contributed by atoms with Crippen molar-refractivity contribution < 1.29 is 9.13 Å². The molecule has 1 atom stereocenters. The van der Waals surface area contributed by atoms with Crippen LogP contribution in [0.2, 0.25) is 0 Å². The Morgan fingerprint density at radius 3 is 2.86 bits per heavy atom. The molecule has 2 fully saturated rings. The van der Waals surface area contributed by atoms with Gasteiger partial charge in [0.25, 0.3) is 0 Å². The highest BCUT2D eigenvalue weighted by atomic mass is 79.9. The zero-order chi connectivity index (χ0) is 14.7. The van der Waals surface area contributed by atoms with E-state index in [-0.39, 0.29) is 5.82 Å². The van der Waals surface area contributed by atoms with Crippen molar-refractivity contribution in [2.75, 3.05) is 49.6 Å². The molecule has 0 radical (unpaired) electrons. The van der Waals surface area contributed by atoms with Crippen LogP contribution in [0.25, 0.3) is 0 Å². The molecule has 6 heteroatoms. The number of halogens is 2. The van der Waals surface area contributed by atoms with E-state index in [0.29, 0.717) is 29.4 Å². The number of nitrogens with one attached hydrogen (secondary N) is 2. The van der Waals surface area contributed by atoms with E-state index in [4.69, 9.17) is 4.74 Å². The lowest BCUT2D eigenvalue weighted by atomic mass is 10.1. The van der Waals surface area contributed by atoms with Crippen LogP contribution >= 0.6 is 15.9 Å². The number of hydrogen-bond acceptors (Lipinski definition) is 4. The summed E-state index contributed by atoms with van der Waals surface area (Å²) in [6, 6.07) is 4.10. The Balaban J connectivity index is 1.85. The van der Waals surface area contributed by atoms with Gasteiger partial charge in [0.2, 0.25) is 0 Å². The Labute approximate surface area is 133 Å². The van der Waals surface area contributed by atoms with Gasteiger partial charge in [0.05, 0.1) is 29.1 Å². The summed E-state index contributed by atoms with van der Waals surface area (Å²) in [4.78, 5) is 2.07. The summed E-state index contributed by atoms with van der Waals surface area (Å²) in [6.45, 7) is 4.76. The number of hydrogen-bond donors (Lipinski definition) is 2. The molecule has 2 N–H and O–H groups in total. The minimum Gasteiger partial charge on any atom is -0.379 e. The van der Waals surface area contributed by atoms with Crippen molar-refractivity contribution in [3.8, 4) is 0 Å². The lowest BCUT2D eigenvalue weighted by molar-refractivity contribution is 0.122. The first kappa shape index (κ1) is 15.1. The molecule has 0 unspecified atom stereocenters. The topological polar surface area (TPSA) is 36.5 Å². The van der Waals surface area contributed by atoms with Crippen molar-refractivity contribution >= 4 is 27.3 Å². The Hall–Kier alpha value is -0.850. The van der Waals surface area contributed by atoms with E-state index in [1.165, 1.54) is 0 Å². The first-order valence-electron chi connectivity index (χ1n) is 7.53. The second-order valence-corrected chi connectivity index (χ2v) is 6.40. The van der Waals surface area contributed by atoms with E-state index in [0.717, 1.165) is 44.7 Å². The van der Waals surface area contributed by atoms with Gasteiger partial charge in [-0.2, -0.15) is 0 Å². The number of nitrogens with zero attached hydrogens (tertiary/aromatic N) is 1. The van der Waals surface area contributed by atoms with Crippen molar-refractivity contribution in [1.82, 2.24) is 5.32 Å². The molecule has 3 rings (SSSR count). The largest absolute Gasteiger partial charge is 0.379 e. The van der Waals surface area contributed by atoms with Crippen molar-refractivity contribution in [2.45, 2.75) is 18.9 Å². The van der Waals surface area contributed by atoms with E-state index in [1.54, 1.807) is 6.07 Å². The first-order chi connectivity index (χ1) is 10.3. The fourth-order valence-corrected chi connectivity index (χ4v) is 3.27. The maximum atomic E-state index is 14.6. The number of benzene rings is 1. The van der Waals surface area contributed by atoms with E-state index in [9.17, 15) is 4.39 Å². The average Bonchev–Trinajstić information content (AvgIpc) is 2.53. The quantitative estimate of drug-likeness (QED) is 0.871. The van der Waals surface area contributed by atoms with Gasteiger partial charge in [0.15, 0.2) is 5.82 Å². The normalized spacial score (nSPS) is 23.1. The van der Waals surface area contributed by atoms with Crippen LogP contribution in [0.3, 0.4) is 0 Å². The third-order valence-electron chi connectivity index (χ3n) is 4.05. The van der Waals surface area contributed by atoms with Crippen LogP contribution in [0, 0.1) is 5.82 Å². The highest BCUT2D eigenvalue weighted by molar-refractivity contribution is 9.10. The smallest absolute Gasteiger partial charge is 0.162 e. The Morgan fingerprint density at radius 2 is 2.14 bits per heavy atom. The molecule has 2 aliphatic heterocycles. The molecule has 0 aliphatic carbocycles. The van der Waals surface area contributed by atoms with Gasteiger partial charge >= 0.3 is 0 Å². The Bertz CT molecular complexity index is 488. The van der Waals surface area contributed by atoms with Crippen molar-refractivity contribution in [3.63, 3.8) is 0 Å². The zero-order valence-corrected chi connectivity index (χ0v) is 13.6. The molecule has 0 saturated carbocycles. The molecule has 4 nitrogen and oxygen atoms in total. The van der Waals surface area contributed by atoms with Crippen LogP contribution < -0.4 is 15.5 Å². The summed E-state index contributed by atoms with van der Waals surface area (Å²) < 4.78 is 20.5. The summed E-state index contributed by atoms with van der Waals surface area (Å²) in [7, 11) is 0. The molecule has 0 amide bonds. The van der Waals surface area contributed by atoms with Crippen LogP contribution in [0.5, 0.6) is 0 Å². The van der Waals surface area contributed by atoms with E-state index in [2.05, 4.69) is 31.5 Å². The lowest BCUT2D eigenvalue weighted by Gasteiger charge is -2.33. The Kier molecular flexibility index (Phi) is 4.98. The molecule has 116 valence electrons. The van der Waals surface area contributed by atoms with Crippen LogP contribution in [-0.4, -0.2) is 45.4 Å². The summed E-state index contributed by atoms with van der Waals surface area (Å²) in [5, 5.41) is 6.89. The molecule has 1 aromatic carbocycles. The maximum Gasteiger partial charge on any atom is 0.162 e. The number of ether oxygens (including phenoxy) is 1. The number of anilines is 2. The fraction of sp³-hybridized carbons (Fsp3) is 0.600. The van der Waals surface area contributed by atoms with Crippen molar-refractivity contribution in [2.24, 2.45) is 0 Å². The molecular weight excluding hydrogens is 337 g/mol. The lowest BCUT2D eigenvalue weighted by Crippen LogP contribution is -2.40. The second kappa shape index (κ2) is 6.94. The summed E-state index contributed by atoms with van der Waals surface area (Å²) in [6.07, 6.45) is 2.27. The van der Waals surface area contributed by atoms with Gasteiger partial charge in [0, 0.05) is 25.7 Å². The fourth-order valence-electron chi connectivity index (χ4n) is 2.95. The standard InChI is InChI=1S/C15H21BrFN3O/c16-12-3-4-13(19-11-2-1-5-18-10-11)15(14(12)17)20-6-8-21-9-7-20/h3-4,11,18-19H,1-2,5-10H2/t11-/m1/s1. The minimum atomic E-state index is -0.189. The zero-order valence-electron chi connectivity index (χ0n) is 12.0. The van der Waals surface area contributed by atoms with Gasteiger partial charge in [-0.1, -0.05) is 0 Å². The minimum absolute atomic E-state index is 0.189. The second-order valence-electron chi connectivity index (χ2n) is 5.54. The van der Waals surface area contributed by atoms with Crippen LogP contribution in [0.4, 0.5) is 15.8 Å². The molecule has 2 aliphatic rings. The Morgan fingerprint density at radius 1 is 1.33 bits per heavy atom. The summed E-state index contributed by atoms with van der Waals surface area (Å²) in [5.41, 5.74) is 1.55. The first-order valence-corrected chi connectivity index (χ1v) is 8.33. The van der Waals surface area contributed by atoms with Crippen molar-refractivity contribution in [1.29, 1.82) is 0 Å². The highest BCUT2D eigenvalue weighted by Crippen LogP contribution is 2.35. The molecule has 0 spiro atoms. The molecule has 1 aromatic rings. The van der Waals surface area contributed by atoms with Gasteiger partial charge in [-0.25, -0.2) is 4.39 Å². The van der Waals surface area contributed by atoms with Gasteiger partial charge in [-0.15, -0.1) is 0 Å². The van der Waals surface area contributed by atoms with Gasteiger partial charge < -0.3 is 20.3 Å². The van der Waals surface area contributed by atoms with Crippen LogP contribution in [-0.2, 0) is 4.74 Å². The van der Waals surface area contributed by atoms with E-state index in [1.807, 2.05) is 6.07 Å². The van der Waals surface area contributed by atoms with Gasteiger partial charge in [-0.05, 0) is 47.4 Å². The average molecular weight is 358 g/mol. The third kappa shape index (κ3) is 3.49. The molecular formula is C15H21BrFN3O. The molecule has 2 saturated heterocycles. The number of piperidine rings is 1. The molecule has 0 bridgehead atoms. The third-order valence-corrected chi connectivity index (χ3v) is 4.67. The van der Waals surface area contributed by atoms with Gasteiger partial charge in [0.1, 0.15) is 0 Å². The number of rotatable bonds is 3. The molecule has 21 heavy (non-hydrogen) atoms. The van der Waals surface area contributed by atoms with Crippen molar-refractivity contribution in [3.05, 3.63) is 22.4 Å². The predicted octanol–water partition coefficient (Wildman–Crippen LogP) is 2.59.